The first-order valence-corrected chi connectivity index (χ1v) is 8.69. The van der Waals surface area contributed by atoms with Gasteiger partial charge < -0.3 is 16.4 Å². The molecule has 0 saturated carbocycles. The van der Waals surface area contributed by atoms with Crippen LogP contribution in [0.2, 0.25) is 0 Å². The van der Waals surface area contributed by atoms with Crippen LogP contribution in [0.3, 0.4) is 0 Å². The van der Waals surface area contributed by atoms with Crippen LogP contribution in [0.15, 0.2) is 25.0 Å². The van der Waals surface area contributed by atoms with Crippen molar-refractivity contribution in [2.45, 2.75) is 6.42 Å². The van der Waals surface area contributed by atoms with E-state index in [4.69, 9.17) is 5.73 Å². The van der Waals surface area contributed by atoms with Crippen molar-refractivity contribution in [1.29, 1.82) is 0 Å². The lowest BCUT2D eigenvalue weighted by molar-refractivity contribution is -0.111. The highest BCUT2D eigenvalue weighted by Crippen LogP contribution is 2.20. The topological polar surface area (TPSA) is 92.9 Å². The first-order valence-electron chi connectivity index (χ1n) is 6.20. The van der Waals surface area contributed by atoms with Crippen molar-refractivity contribution < 1.29 is 4.79 Å². The van der Waals surface area contributed by atoms with E-state index in [1.165, 1.54) is 12.4 Å². The summed E-state index contributed by atoms with van der Waals surface area (Å²) in [7, 11) is 3.62. The van der Waals surface area contributed by atoms with Gasteiger partial charge in [0, 0.05) is 30.7 Å². The van der Waals surface area contributed by atoms with Crippen molar-refractivity contribution >= 4 is 39.1 Å². The Morgan fingerprint density at radius 2 is 2.10 bits per heavy atom. The van der Waals surface area contributed by atoms with Gasteiger partial charge in [-0.2, -0.15) is 0 Å². The van der Waals surface area contributed by atoms with Gasteiger partial charge in [0.15, 0.2) is 0 Å². The maximum absolute atomic E-state index is 11.2. The van der Waals surface area contributed by atoms with Gasteiger partial charge in [-0.3, -0.25) is 4.79 Å². The Bertz CT molecular complexity index is 430. The minimum atomic E-state index is -0.289. The van der Waals surface area contributed by atoms with Gasteiger partial charge in [-0.1, -0.05) is 28.2 Å². The van der Waals surface area contributed by atoms with Crippen LogP contribution < -0.4 is 16.4 Å². The van der Waals surface area contributed by atoms with Crippen molar-refractivity contribution in [2.24, 2.45) is 5.73 Å². The van der Waals surface area contributed by atoms with Gasteiger partial charge >= 0.3 is 0 Å². The van der Waals surface area contributed by atoms with Crippen LogP contribution in [0, 0.1) is 0 Å². The molecule has 0 fully saturated rings. The Kier molecular flexibility index (Phi) is 8.84. The minimum absolute atomic E-state index is 0.289. The molecule has 1 amide bonds. The molecule has 1 aromatic rings. The van der Waals surface area contributed by atoms with Gasteiger partial charge in [-0.15, -0.1) is 0 Å². The summed E-state index contributed by atoms with van der Waals surface area (Å²) in [4.78, 5) is 19.2. The fourth-order valence-corrected chi connectivity index (χ4v) is 3.16. The summed E-state index contributed by atoms with van der Waals surface area (Å²) in [6.07, 6.45) is 3.64. The summed E-state index contributed by atoms with van der Waals surface area (Å²) < 4.78 is 0. The smallest absolute Gasteiger partial charge is 0.248 e. The number of rotatable bonds is 10. The molecule has 110 valence electrons. The molecule has 0 aliphatic carbocycles. The van der Waals surface area contributed by atoms with E-state index in [9.17, 15) is 4.79 Å². The number of hydrogen-bond acceptors (Lipinski definition) is 7. The van der Waals surface area contributed by atoms with Gasteiger partial charge in [0.1, 0.15) is 18.0 Å². The number of nitrogens with zero attached hydrogens (tertiary/aromatic N) is 2. The third kappa shape index (κ3) is 7.37. The second-order valence-corrected chi connectivity index (χ2v) is 6.40. The molecule has 20 heavy (non-hydrogen) atoms. The third-order valence-corrected chi connectivity index (χ3v) is 4.62. The Morgan fingerprint density at radius 3 is 2.85 bits per heavy atom. The van der Waals surface area contributed by atoms with Gasteiger partial charge in [-0.05, 0) is 12.5 Å². The summed E-state index contributed by atoms with van der Waals surface area (Å²) in [6, 6.07) is 1.69. The predicted molar refractivity (Wildman–Crippen MR) is 87.9 cm³/mol. The maximum atomic E-state index is 11.2. The van der Waals surface area contributed by atoms with E-state index in [-0.39, 0.29) is 5.91 Å². The van der Waals surface area contributed by atoms with Crippen molar-refractivity contribution in [1.82, 2.24) is 9.97 Å². The molecular weight excluding hydrogens is 294 g/mol. The number of carbonyl (C=O) groups is 1. The molecule has 1 rings (SSSR count). The Hall–Kier alpha value is -1.25. The molecule has 0 atom stereocenters. The molecule has 0 bridgehead atoms. The quantitative estimate of drug-likeness (QED) is 0.344. The summed E-state index contributed by atoms with van der Waals surface area (Å²) in [5, 5.41) is 5.78. The number of aromatic nitrogens is 2. The summed E-state index contributed by atoms with van der Waals surface area (Å²) >= 11 is 0. The number of nitrogens with two attached hydrogens (primary N) is 1. The lowest BCUT2D eigenvalue weighted by Crippen LogP contribution is -2.10. The molecular formula is C12H19N5OS2. The highest BCUT2D eigenvalue weighted by atomic mass is 33.1. The number of amides is 1. The zero-order valence-corrected chi connectivity index (χ0v) is 12.8. The zero-order valence-electron chi connectivity index (χ0n) is 11.2. The SMILES string of the molecule is C=CC(=O)Nc1cc(NCCCSSCCN)ncn1. The van der Waals surface area contributed by atoms with E-state index >= 15 is 0 Å². The molecule has 6 nitrogen and oxygen atoms in total. The fourth-order valence-electron chi connectivity index (χ4n) is 1.21. The van der Waals surface area contributed by atoms with Crippen LogP contribution in [0.1, 0.15) is 6.42 Å². The van der Waals surface area contributed by atoms with Crippen LogP contribution in [0.5, 0.6) is 0 Å². The highest BCUT2D eigenvalue weighted by molar-refractivity contribution is 8.76. The van der Waals surface area contributed by atoms with Crippen molar-refractivity contribution in [2.75, 3.05) is 35.2 Å². The van der Waals surface area contributed by atoms with Crippen LogP contribution in [-0.2, 0) is 4.79 Å². The predicted octanol–water partition coefficient (Wildman–Crippen LogP) is 1.74. The lowest BCUT2D eigenvalue weighted by Gasteiger charge is -2.06. The molecule has 0 saturated heterocycles. The molecule has 8 heteroatoms. The van der Waals surface area contributed by atoms with E-state index in [0.29, 0.717) is 11.6 Å². The van der Waals surface area contributed by atoms with E-state index < -0.39 is 0 Å². The summed E-state index contributed by atoms with van der Waals surface area (Å²) in [6.45, 7) is 4.93. The average molecular weight is 313 g/mol. The maximum Gasteiger partial charge on any atom is 0.248 e. The molecule has 0 spiro atoms. The first-order chi connectivity index (χ1) is 9.76. The molecule has 0 aliphatic heterocycles. The Labute approximate surface area is 126 Å². The molecule has 1 heterocycles. The van der Waals surface area contributed by atoms with Crippen molar-refractivity contribution in [3.63, 3.8) is 0 Å². The van der Waals surface area contributed by atoms with Crippen LogP contribution in [-0.4, -0.2) is 40.5 Å². The summed E-state index contributed by atoms with van der Waals surface area (Å²) in [5.41, 5.74) is 5.41. The van der Waals surface area contributed by atoms with E-state index in [0.717, 1.165) is 31.0 Å². The van der Waals surface area contributed by atoms with Crippen molar-refractivity contribution in [3.05, 3.63) is 25.0 Å². The normalized spacial score (nSPS) is 10.1. The number of carbonyl (C=O) groups excluding carboxylic acids is 1. The second kappa shape index (κ2) is 10.5. The third-order valence-electron chi connectivity index (χ3n) is 2.10. The van der Waals surface area contributed by atoms with Gasteiger partial charge in [0.2, 0.25) is 5.91 Å². The van der Waals surface area contributed by atoms with Crippen molar-refractivity contribution in [3.8, 4) is 0 Å². The minimum Gasteiger partial charge on any atom is -0.370 e. The Morgan fingerprint density at radius 1 is 1.35 bits per heavy atom. The second-order valence-electron chi connectivity index (χ2n) is 3.69. The van der Waals surface area contributed by atoms with Gasteiger partial charge in [0.05, 0.1) is 0 Å². The number of nitrogens with one attached hydrogen (secondary N) is 2. The molecule has 0 aromatic carbocycles. The molecule has 0 radical (unpaired) electrons. The number of anilines is 2. The van der Waals surface area contributed by atoms with Crippen LogP contribution in [0.4, 0.5) is 11.6 Å². The monoisotopic (exact) mass is 313 g/mol. The first kappa shape index (κ1) is 16.8. The largest absolute Gasteiger partial charge is 0.370 e. The molecule has 1 aromatic heterocycles. The fraction of sp³-hybridized carbons (Fsp3) is 0.417. The standard InChI is InChI=1S/C12H19N5OS2/c1-2-12(18)17-11-8-10(15-9-16-11)14-5-3-6-19-20-7-4-13/h2,8-9H,1,3-7,13H2,(H2,14,15,16,17,18). The van der Waals surface area contributed by atoms with Crippen LogP contribution in [0.25, 0.3) is 0 Å². The molecule has 0 aliphatic rings. The van der Waals surface area contributed by atoms with E-state index in [2.05, 4.69) is 27.2 Å². The highest BCUT2D eigenvalue weighted by Gasteiger charge is 2.01. The van der Waals surface area contributed by atoms with E-state index in [1.54, 1.807) is 16.9 Å². The molecule has 4 N–H and O–H groups in total. The Balaban J connectivity index is 2.24. The average Bonchev–Trinajstić information content (AvgIpc) is 2.46. The van der Waals surface area contributed by atoms with Gasteiger partial charge in [-0.25, -0.2) is 9.97 Å². The van der Waals surface area contributed by atoms with E-state index in [1.807, 2.05) is 10.8 Å². The number of hydrogen-bond donors (Lipinski definition) is 3. The van der Waals surface area contributed by atoms with Gasteiger partial charge in [0.25, 0.3) is 0 Å². The molecule has 0 unspecified atom stereocenters. The summed E-state index contributed by atoms with van der Waals surface area (Å²) in [5.74, 6) is 2.90. The van der Waals surface area contributed by atoms with Crippen LogP contribution >= 0.6 is 21.6 Å². The zero-order chi connectivity index (χ0) is 14.6. The lowest BCUT2D eigenvalue weighted by atomic mass is 10.4.